The van der Waals surface area contributed by atoms with E-state index in [2.05, 4.69) is 4.72 Å². The SMILES string of the molecule is Nc1cc(CS(=O)(=O)NC2CC2)ccc1-c1ccsc1. The quantitative estimate of drug-likeness (QED) is 0.834. The van der Waals surface area contributed by atoms with Crippen molar-refractivity contribution in [2.45, 2.75) is 24.6 Å². The maximum atomic E-state index is 11.9. The van der Waals surface area contributed by atoms with Crippen molar-refractivity contribution in [1.29, 1.82) is 0 Å². The van der Waals surface area contributed by atoms with Crippen LogP contribution in [0.5, 0.6) is 0 Å². The molecule has 0 atom stereocenters. The van der Waals surface area contributed by atoms with E-state index >= 15 is 0 Å². The van der Waals surface area contributed by atoms with Crippen LogP contribution in [0.15, 0.2) is 35.0 Å². The predicted octanol–water partition coefficient (Wildman–Crippen LogP) is 2.58. The van der Waals surface area contributed by atoms with Crippen molar-refractivity contribution in [2.24, 2.45) is 0 Å². The minimum absolute atomic E-state index is 0.0163. The van der Waals surface area contributed by atoms with Crippen LogP contribution in [0.2, 0.25) is 0 Å². The van der Waals surface area contributed by atoms with Crippen LogP contribution in [0.4, 0.5) is 5.69 Å². The number of nitrogen functional groups attached to an aromatic ring is 1. The van der Waals surface area contributed by atoms with Gasteiger partial charge in [-0.1, -0.05) is 12.1 Å². The van der Waals surface area contributed by atoms with E-state index in [-0.39, 0.29) is 11.8 Å². The summed E-state index contributed by atoms with van der Waals surface area (Å²) < 4.78 is 26.5. The van der Waals surface area contributed by atoms with E-state index in [1.54, 1.807) is 17.4 Å². The first-order valence-electron chi connectivity index (χ1n) is 6.44. The summed E-state index contributed by atoms with van der Waals surface area (Å²) in [5, 5.41) is 4.02. The van der Waals surface area contributed by atoms with Gasteiger partial charge in [-0.15, -0.1) is 0 Å². The molecule has 3 N–H and O–H groups in total. The predicted molar refractivity (Wildman–Crippen MR) is 82.9 cm³/mol. The zero-order valence-electron chi connectivity index (χ0n) is 10.9. The number of anilines is 1. The topological polar surface area (TPSA) is 72.2 Å². The molecule has 0 spiro atoms. The molecule has 1 saturated carbocycles. The highest BCUT2D eigenvalue weighted by atomic mass is 32.2. The van der Waals surface area contributed by atoms with E-state index in [4.69, 9.17) is 5.73 Å². The molecule has 1 heterocycles. The average molecular weight is 308 g/mol. The summed E-state index contributed by atoms with van der Waals surface area (Å²) in [6.45, 7) is 0. The smallest absolute Gasteiger partial charge is 0.216 e. The number of hydrogen-bond donors (Lipinski definition) is 2. The van der Waals surface area contributed by atoms with Crippen LogP contribution in [0.3, 0.4) is 0 Å². The van der Waals surface area contributed by atoms with Gasteiger partial charge in [-0.3, -0.25) is 0 Å². The minimum Gasteiger partial charge on any atom is -0.398 e. The van der Waals surface area contributed by atoms with Crippen molar-refractivity contribution < 1.29 is 8.42 Å². The van der Waals surface area contributed by atoms with E-state index in [0.717, 1.165) is 29.5 Å². The van der Waals surface area contributed by atoms with Crippen LogP contribution in [0, 0.1) is 0 Å². The molecule has 0 aliphatic heterocycles. The maximum Gasteiger partial charge on any atom is 0.216 e. The number of benzene rings is 1. The van der Waals surface area contributed by atoms with Crippen LogP contribution in [0.25, 0.3) is 11.1 Å². The Labute approximate surface area is 122 Å². The van der Waals surface area contributed by atoms with Gasteiger partial charge in [-0.05, 0) is 46.9 Å². The van der Waals surface area contributed by atoms with Crippen LogP contribution < -0.4 is 10.5 Å². The van der Waals surface area contributed by atoms with Crippen LogP contribution in [0.1, 0.15) is 18.4 Å². The van der Waals surface area contributed by atoms with Gasteiger partial charge in [0.05, 0.1) is 5.75 Å². The Bertz CT molecular complexity index is 705. The molecule has 1 aliphatic carbocycles. The Balaban J connectivity index is 1.80. The van der Waals surface area contributed by atoms with Gasteiger partial charge in [0.2, 0.25) is 10.0 Å². The standard InChI is InChI=1S/C14H16N2O2S2/c15-14-7-10(9-20(17,18)16-12-2-3-12)1-4-13(14)11-5-6-19-8-11/h1,4-8,12,16H,2-3,9,15H2. The number of nitrogens with one attached hydrogen (secondary N) is 1. The Kier molecular flexibility index (Phi) is 3.54. The van der Waals surface area contributed by atoms with E-state index in [9.17, 15) is 8.42 Å². The van der Waals surface area contributed by atoms with Gasteiger partial charge in [-0.25, -0.2) is 13.1 Å². The lowest BCUT2D eigenvalue weighted by atomic mass is 10.1. The molecule has 0 unspecified atom stereocenters. The van der Waals surface area contributed by atoms with Crippen molar-refractivity contribution in [3.05, 3.63) is 40.6 Å². The molecule has 3 rings (SSSR count). The van der Waals surface area contributed by atoms with E-state index in [1.165, 1.54) is 0 Å². The Morgan fingerprint density at radius 3 is 2.70 bits per heavy atom. The Morgan fingerprint density at radius 2 is 2.10 bits per heavy atom. The molecular weight excluding hydrogens is 292 g/mol. The summed E-state index contributed by atoms with van der Waals surface area (Å²) >= 11 is 1.61. The molecular formula is C14H16N2O2S2. The van der Waals surface area contributed by atoms with Gasteiger partial charge in [0, 0.05) is 17.3 Å². The van der Waals surface area contributed by atoms with Crippen LogP contribution in [-0.4, -0.2) is 14.5 Å². The van der Waals surface area contributed by atoms with Gasteiger partial charge in [0.15, 0.2) is 0 Å². The first kappa shape index (κ1) is 13.6. The Hall–Kier alpha value is -1.37. The maximum absolute atomic E-state index is 11.9. The average Bonchev–Trinajstić information content (AvgIpc) is 3.00. The van der Waals surface area contributed by atoms with Crippen LogP contribution in [-0.2, 0) is 15.8 Å². The molecule has 1 fully saturated rings. The molecule has 0 bridgehead atoms. The second-order valence-corrected chi connectivity index (χ2v) is 7.62. The second kappa shape index (κ2) is 5.20. The van der Waals surface area contributed by atoms with Gasteiger partial charge >= 0.3 is 0 Å². The normalized spacial score (nSPS) is 15.4. The van der Waals surface area contributed by atoms with Crippen molar-refractivity contribution in [3.63, 3.8) is 0 Å². The molecule has 0 saturated heterocycles. The van der Waals surface area contributed by atoms with Crippen molar-refractivity contribution >= 4 is 27.0 Å². The number of thiophene rings is 1. The third-order valence-electron chi connectivity index (χ3n) is 3.23. The molecule has 1 aliphatic rings. The largest absolute Gasteiger partial charge is 0.398 e. The molecule has 1 aromatic heterocycles. The highest BCUT2D eigenvalue weighted by Crippen LogP contribution is 2.29. The fourth-order valence-corrected chi connectivity index (χ4v) is 4.20. The van der Waals surface area contributed by atoms with Crippen molar-refractivity contribution in [3.8, 4) is 11.1 Å². The molecule has 1 aromatic carbocycles. The molecule has 20 heavy (non-hydrogen) atoms. The molecule has 0 amide bonds. The summed E-state index contributed by atoms with van der Waals surface area (Å²) in [5.74, 6) is -0.0163. The molecule has 2 aromatic rings. The van der Waals surface area contributed by atoms with Crippen molar-refractivity contribution in [1.82, 2.24) is 4.72 Å². The van der Waals surface area contributed by atoms with Gasteiger partial charge in [-0.2, -0.15) is 11.3 Å². The summed E-state index contributed by atoms with van der Waals surface area (Å²) in [6, 6.07) is 7.61. The molecule has 0 radical (unpaired) electrons. The molecule has 6 heteroatoms. The monoisotopic (exact) mass is 308 g/mol. The van der Waals surface area contributed by atoms with E-state index in [0.29, 0.717) is 5.69 Å². The van der Waals surface area contributed by atoms with Gasteiger partial charge in [0.1, 0.15) is 0 Å². The minimum atomic E-state index is -3.26. The van der Waals surface area contributed by atoms with Crippen LogP contribution >= 0.6 is 11.3 Å². The van der Waals surface area contributed by atoms with Gasteiger partial charge < -0.3 is 5.73 Å². The lowest BCUT2D eigenvalue weighted by Crippen LogP contribution is -2.27. The van der Waals surface area contributed by atoms with Crippen molar-refractivity contribution in [2.75, 3.05) is 5.73 Å². The number of nitrogens with two attached hydrogens (primary N) is 1. The lowest BCUT2D eigenvalue weighted by molar-refractivity contribution is 0.580. The first-order chi connectivity index (χ1) is 9.53. The van der Waals surface area contributed by atoms with E-state index < -0.39 is 10.0 Å². The number of hydrogen-bond acceptors (Lipinski definition) is 4. The summed E-state index contributed by atoms with van der Waals surface area (Å²) in [4.78, 5) is 0. The zero-order chi connectivity index (χ0) is 14.2. The fraction of sp³-hybridized carbons (Fsp3) is 0.286. The fourth-order valence-electron chi connectivity index (χ4n) is 2.10. The number of rotatable bonds is 5. The lowest BCUT2D eigenvalue weighted by Gasteiger charge is -2.09. The first-order valence-corrected chi connectivity index (χ1v) is 9.04. The number of sulfonamides is 1. The Morgan fingerprint density at radius 1 is 1.30 bits per heavy atom. The molecule has 4 nitrogen and oxygen atoms in total. The van der Waals surface area contributed by atoms with Gasteiger partial charge in [0.25, 0.3) is 0 Å². The third kappa shape index (κ3) is 3.20. The second-order valence-electron chi connectivity index (χ2n) is 5.08. The molecule has 106 valence electrons. The zero-order valence-corrected chi connectivity index (χ0v) is 12.5. The highest BCUT2D eigenvalue weighted by Gasteiger charge is 2.26. The summed E-state index contributed by atoms with van der Waals surface area (Å²) in [7, 11) is -3.26. The summed E-state index contributed by atoms with van der Waals surface area (Å²) in [6.07, 6.45) is 1.89. The highest BCUT2D eigenvalue weighted by molar-refractivity contribution is 7.88. The summed E-state index contributed by atoms with van der Waals surface area (Å²) in [5.41, 5.74) is 9.38. The third-order valence-corrected chi connectivity index (χ3v) is 5.32. The van der Waals surface area contributed by atoms with E-state index in [1.807, 2.05) is 29.0 Å².